The number of allylic oxidation sites excluding steroid dienone is 3. The lowest BCUT2D eigenvalue weighted by atomic mass is 9.94. The highest BCUT2D eigenvalue weighted by Gasteiger charge is 2.40. The van der Waals surface area contributed by atoms with Gasteiger partial charge in [-0.15, -0.1) is 11.3 Å². The molecular formula is C19H21ClFN2O3PS. The lowest BCUT2D eigenvalue weighted by Crippen LogP contribution is -2.22. The van der Waals surface area contributed by atoms with Gasteiger partial charge in [-0.2, -0.15) is 0 Å². The van der Waals surface area contributed by atoms with E-state index >= 15 is 0 Å². The van der Waals surface area contributed by atoms with E-state index in [9.17, 15) is 8.96 Å². The normalized spacial score (nSPS) is 17.5. The number of rotatable bonds is 7. The maximum atomic E-state index is 13.6. The van der Waals surface area contributed by atoms with Crippen molar-refractivity contribution in [2.45, 2.75) is 26.7 Å². The van der Waals surface area contributed by atoms with Crippen molar-refractivity contribution in [1.29, 1.82) is 0 Å². The monoisotopic (exact) mass is 442 g/mol. The topological polar surface area (TPSA) is 60.5 Å². The molecule has 1 aliphatic rings. The Bertz CT molecular complexity index is 952. The Hall–Kier alpha value is -1.50. The van der Waals surface area contributed by atoms with E-state index in [0.29, 0.717) is 16.6 Å². The van der Waals surface area contributed by atoms with Crippen LogP contribution in [0, 0.1) is 5.82 Å². The summed E-state index contributed by atoms with van der Waals surface area (Å²) < 4.78 is 38.5. The third-order valence-corrected chi connectivity index (χ3v) is 7.72. The molecule has 0 fully saturated rings. The van der Waals surface area contributed by atoms with E-state index in [2.05, 4.69) is 10.3 Å². The number of hydrogen-bond acceptors (Lipinski definition) is 6. The van der Waals surface area contributed by atoms with E-state index < -0.39 is 19.3 Å². The van der Waals surface area contributed by atoms with Crippen LogP contribution in [0.1, 0.15) is 37.3 Å². The molecule has 0 amide bonds. The summed E-state index contributed by atoms with van der Waals surface area (Å²) in [6.45, 7) is 5.77. The smallest absolute Gasteiger partial charge is 0.356 e. The van der Waals surface area contributed by atoms with Gasteiger partial charge in [-0.25, -0.2) is 9.37 Å². The number of thiazole rings is 1. The molecule has 1 unspecified atom stereocenters. The van der Waals surface area contributed by atoms with Crippen LogP contribution in [-0.4, -0.2) is 18.2 Å². The first-order valence-electron chi connectivity index (χ1n) is 8.83. The summed E-state index contributed by atoms with van der Waals surface area (Å²) in [5.74, 6) is -0.955. The van der Waals surface area contributed by atoms with Crippen LogP contribution >= 0.6 is 30.5 Å². The fraction of sp³-hybridized carbons (Fsp3) is 0.316. The van der Waals surface area contributed by atoms with Gasteiger partial charge in [0.05, 0.1) is 24.2 Å². The first kappa shape index (κ1) is 21.2. The van der Waals surface area contributed by atoms with E-state index in [4.69, 9.17) is 20.6 Å². The number of benzene rings is 1. The highest BCUT2D eigenvalue weighted by Crippen LogP contribution is 2.63. The predicted molar refractivity (Wildman–Crippen MR) is 111 cm³/mol. The average molecular weight is 443 g/mol. The van der Waals surface area contributed by atoms with Crippen LogP contribution in [0.4, 0.5) is 4.39 Å². The molecule has 1 N–H and O–H groups in total. The van der Waals surface area contributed by atoms with Gasteiger partial charge in [-0.1, -0.05) is 17.7 Å². The zero-order chi connectivity index (χ0) is 20.3. The van der Waals surface area contributed by atoms with Crippen molar-refractivity contribution in [1.82, 2.24) is 10.3 Å². The van der Waals surface area contributed by atoms with Crippen molar-refractivity contribution in [3.63, 3.8) is 0 Å². The quantitative estimate of drug-likeness (QED) is 0.520. The van der Waals surface area contributed by atoms with Gasteiger partial charge in [0.2, 0.25) is 0 Å². The Morgan fingerprint density at radius 2 is 2.04 bits per heavy atom. The molecule has 0 spiro atoms. The van der Waals surface area contributed by atoms with Crippen LogP contribution in [0.2, 0.25) is 5.02 Å². The molecule has 150 valence electrons. The average Bonchev–Trinajstić information content (AvgIpc) is 3.16. The van der Waals surface area contributed by atoms with Gasteiger partial charge in [0.25, 0.3) is 0 Å². The van der Waals surface area contributed by atoms with Crippen LogP contribution in [0.25, 0.3) is 5.70 Å². The van der Waals surface area contributed by atoms with Gasteiger partial charge in [0.15, 0.2) is 0 Å². The van der Waals surface area contributed by atoms with E-state index in [0.717, 1.165) is 10.7 Å². The third-order valence-electron chi connectivity index (χ3n) is 4.19. The second kappa shape index (κ2) is 8.89. The van der Waals surface area contributed by atoms with E-state index in [1.54, 1.807) is 26.1 Å². The molecule has 1 aromatic carbocycles. The third kappa shape index (κ3) is 4.24. The molecule has 2 aromatic rings. The standard InChI is InChI=1S/C19H21ClFN2O3PS/c1-4-25-27(24,26-5-2)18-12(3)23-17(19-22-8-9-28-19)11-15(18)14-7-6-13(21)10-16(14)20/h6-11,15,23H,4-5H2,1-3H3. The summed E-state index contributed by atoms with van der Waals surface area (Å²) in [5.41, 5.74) is 2.03. The second-order valence-electron chi connectivity index (χ2n) is 6.03. The SMILES string of the molecule is CCOP(=O)(OCC)C1=C(C)NC(c2nccs2)=CC1c1ccc(F)cc1Cl. The number of nitrogens with zero attached hydrogens (tertiary/aromatic N) is 1. The highest BCUT2D eigenvalue weighted by molar-refractivity contribution is 7.58. The Kier molecular flexibility index (Phi) is 6.73. The summed E-state index contributed by atoms with van der Waals surface area (Å²) in [6.07, 6.45) is 3.59. The molecule has 0 radical (unpaired) electrons. The molecule has 9 heteroatoms. The maximum Gasteiger partial charge on any atom is 0.360 e. The number of halogens is 2. The zero-order valence-electron chi connectivity index (χ0n) is 15.7. The Balaban J connectivity index is 2.18. The van der Waals surface area contributed by atoms with Crippen LogP contribution in [0.15, 0.2) is 46.9 Å². The summed E-state index contributed by atoms with van der Waals surface area (Å²) in [7, 11) is -3.60. The molecule has 28 heavy (non-hydrogen) atoms. The van der Waals surface area contributed by atoms with E-state index in [1.807, 2.05) is 18.4 Å². The lowest BCUT2D eigenvalue weighted by Gasteiger charge is -2.31. The molecule has 1 aliphatic heterocycles. The lowest BCUT2D eigenvalue weighted by molar-refractivity contribution is 0.225. The van der Waals surface area contributed by atoms with Gasteiger partial charge in [0, 0.05) is 28.2 Å². The summed E-state index contributed by atoms with van der Waals surface area (Å²) in [4.78, 5) is 4.34. The zero-order valence-corrected chi connectivity index (χ0v) is 18.2. The minimum Gasteiger partial charge on any atom is -0.356 e. The van der Waals surface area contributed by atoms with Gasteiger partial charge < -0.3 is 14.4 Å². The van der Waals surface area contributed by atoms with Crippen molar-refractivity contribution in [2.24, 2.45) is 0 Å². The molecule has 2 heterocycles. The van der Waals surface area contributed by atoms with E-state index in [1.165, 1.54) is 23.5 Å². The Labute approximate surface area is 172 Å². The first-order valence-corrected chi connectivity index (χ1v) is 11.6. The van der Waals surface area contributed by atoms with Crippen molar-refractivity contribution < 1.29 is 18.0 Å². The van der Waals surface area contributed by atoms with Crippen LogP contribution in [-0.2, 0) is 13.6 Å². The van der Waals surface area contributed by atoms with Crippen molar-refractivity contribution in [3.05, 3.63) is 68.3 Å². The predicted octanol–water partition coefficient (Wildman–Crippen LogP) is 6.16. The molecule has 0 bridgehead atoms. The summed E-state index contributed by atoms with van der Waals surface area (Å²) in [5, 5.41) is 6.62. The summed E-state index contributed by atoms with van der Waals surface area (Å²) >= 11 is 7.83. The number of dihydropyridines is 1. The van der Waals surface area contributed by atoms with Crippen LogP contribution < -0.4 is 5.32 Å². The first-order chi connectivity index (χ1) is 13.4. The molecule has 1 aromatic heterocycles. The van der Waals surface area contributed by atoms with Gasteiger partial charge in [-0.3, -0.25) is 4.57 Å². The van der Waals surface area contributed by atoms with Crippen LogP contribution in [0.5, 0.6) is 0 Å². The fourth-order valence-corrected chi connectivity index (χ4v) is 6.11. The highest BCUT2D eigenvalue weighted by atomic mass is 35.5. The number of aromatic nitrogens is 1. The van der Waals surface area contributed by atoms with Gasteiger partial charge >= 0.3 is 7.60 Å². The minimum atomic E-state index is -3.60. The molecule has 0 saturated heterocycles. The largest absolute Gasteiger partial charge is 0.360 e. The van der Waals surface area contributed by atoms with Crippen molar-refractivity contribution in [3.8, 4) is 0 Å². The molecular weight excluding hydrogens is 422 g/mol. The van der Waals surface area contributed by atoms with Crippen molar-refractivity contribution in [2.75, 3.05) is 13.2 Å². The molecule has 5 nitrogen and oxygen atoms in total. The molecule has 0 saturated carbocycles. The van der Waals surface area contributed by atoms with Crippen molar-refractivity contribution >= 4 is 36.2 Å². The number of hydrogen-bond donors (Lipinski definition) is 1. The van der Waals surface area contributed by atoms with Gasteiger partial charge in [0.1, 0.15) is 10.8 Å². The molecule has 0 aliphatic carbocycles. The molecule has 1 atom stereocenters. The fourth-order valence-electron chi connectivity index (χ4n) is 3.15. The Morgan fingerprint density at radius 1 is 1.32 bits per heavy atom. The van der Waals surface area contributed by atoms with E-state index in [-0.39, 0.29) is 18.2 Å². The number of nitrogens with one attached hydrogen (secondary N) is 1. The molecule has 3 rings (SSSR count). The van der Waals surface area contributed by atoms with Crippen LogP contribution in [0.3, 0.4) is 0 Å². The maximum absolute atomic E-state index is 13.6. The Morgan fingerprint density at radius 3 is 2.61 bits per heavy atom. The van der Waals surface area contributed by atoms with Gasteiger partial charge in [-0.05, 0) is 44.5 Å². The summed E-state index contributed by atoms with van der Waals surface area (Å²) in [6, 6.07) is 4.17. The second-order valence-corrected chi connectivity index (χ2v) is 9.32. The minimum absolute atomic E-state index is 0.223.